The monoisotopic (exact) mass is 477 g/mol. The fourth-order valence-electron chi connectivity index (χ4n) is 4.63. The third-order valence-electron chi connectivity index (χ3n) is 6.27. The highest BCUT2D eigenvalue weighted by atomic mass is 79.9. The minimum absolute atomic E-state index is 0.159. The fourth-order valence-corrected chi connectivity index (χ4v) is 4.97. The molecule has 1 fully saturated rings. The minimum Gasteiger partial charge on any atom is -0.354 e. The van der Waals surface area contributed by atoms with E-state index in [1.807, 2.05) is 19.1 Å². The zero-order chi connectivity index (χ0) is 21.6. The molecule has 2 aliphatic rings. The SMILES string of the molecule is Cc1cc2c(cc1Br)c(C#N)c(C1=CC=CCN1[C@@H](C)C(F)(F)F)n2C1CCCC1. The number of alkyl halides is 3. The Morgan fingerprint density at radius 1 is 1.23 bits per heavy atom. The third kappa shape index (κ3) is 3.45. The first kappa shape index (κ1) is 21.0. The Labute approximate surface area is 182 Å². The number of fused-ring (bicyclic) bond motifs is 1. The highest BCUT2D eigenvalue weighted by Gasteiger charge is 2.42. The van der Waals surface area contributed by atoms with Crippen LogP contribution in [0.2, 0.25) is 0 Å². The van der Waals surface area contributed by atoms with Gasteiger partial charge < -0.3 is 9.47 Å². The Morgan fingerprint density at radius 3 is 2.57 bits per heavy atom. The molecule has 0 amide bonds. The molecule has 1 aliphatic heterocycles. The van der Waals surface area contributed by atoms with E-state index in [4.69, 9.17) is 0 Å². The van der Waals surface area contributed by atoms with Crippen LogP contribution in [0.3, 0.4) is 0 Å². The maximum absolute atomic E-state index is 13.6. The van der Waals surface area contributed by atoms with Crippen LogP contribution in [0.4, 0.5) is 13.2 Å². The number of allylic oxidation sites excluding steroid dienone is 2. The van der Waals surface area contributed by atoms with Gasteiger partial charge in [0, 0.05) is 22.4 Å². The molecule has 1 aliphatic carbocycles. The molecular formula is C23H23BrF3N3. The van der Waals surface area contributed by atoms with Crippen LogP contribution < -0.4 is 0 Å². The van der Waals surface area contributed by atoms with Crippen LogP contribution >= 0.6 is 15.9 Å². The normalized spacial score (nSPS) is 18.7. The van der Waals surface area contributed by atoms with Crippen molar-refractivity contribution in [1.82, 2.24) is 9.47 Å². The Morgan fingerprint density at radius 2 is 1.93 bits per heavy atom. The van der Waals surface area contributed by atoms with Crippen LogP contribution in [0.1, 0.15) is 55.5 Å². The summed E-state index contributed by atoms with van der Waals surface area (Å²) in [6.45, 7) is 3.33. The molecule has 0 bridgehead atoms. The van der Waals surface area contributed by atoms with Crippen LogP contribution in [-0.4, -0.2) is 28.2 Å². The van der Waals surface area contributed by atoms with Crippen molar-refractivity contribution >= 4 is 32.5 Å². The number of benzene rings is 1. The van der Waals surface area contributed by atoms with Gasteiger partial charge in [0.1, 0.15) is 12.1 Å². The summed E-state index contributed by atoms with van der Waals surface area (Å²) in [6, 6.07) is 4.81. The number of aryl methyl sites for hydroxylation is 1. The number of hydrogen-bond acceptors (Lipinski definition) is 2. The zero-order valence-corrected chi connectivity index (χ0v) is 18.5. The summed E-state index contributed by atoms with van der Waals surface area (Å²) < 4.78 is 44.0. The van der Waals surface area contributed by atoms with E-state index in [2.05, 4.69) is 26.6 Å². The van der Waals surface area contributed by atoms with Crippen LogP contribution in [-0.2, 0) is 0 Å². The second-order valence-corrected chi connectivity index (χ2v) is 8.97. The minimum atomic E-state index is -4.36. The molecule has 158 valence electrons. The summed E-state index contributed by atoms with van der Waals surface area (Å²) in [5, 5.41) is 10.9. The number of aromatic nitrogens is 1. The quantitative estimate of drug-likeness (QED) is 0.483. The molecule has 0 saturated heterocycles. The third-order valence-corrected chi connectivity index (χ3v) is 7.13. The largest absolute Gasteiger partial charge is 0.408 e. The van der Waals surface area contributed by atoms with Gasteiger partial charge in [0.25, 0.3) is 0 Å². The number of hydrogen-bond donors (Lipinski definition) is 0. The van der Waals surface area contributed by atoms with Gasteiger partial charge in [-0.3, -0.25) is 0 Å². The first-order valence-electron chi connectivity index (χ1n) is 10.2. The van der Waals surface area contributed by atoms with E-state index in [9.17, 15) is 18.4 Å². The molecule has 30 heavy (non-hydrogen) atoms. The summed E-state index contributed by atoms with van der Waals surface area (Å²) in [5.41, 5.74) is 3.48. The molecule has 7 heteroatoms. The van der Waals surface area contributed by atoms with Crippen LogP contribution in [0, 0.1) is 18.3 Å². The molecule has 0 unspecified atom stereocenters. The van der Waals surface area contributed by atoms with E-state index in [1.165, 1.54) is 11.8 Å². The lowest BCUT2D eigenvalue weighted by atomic mass is 10.0. The standard InChI is InChI=1S/C23H23BrF3N3/c1-14-11-21-17(12-19(14)24)18(13-28)22(30(21)16-7-3-4-8-16)20-9-5-6-10-29(20)15(2)23(25,26)27/h5-6,9,11-12,15-16H,3-4,7-8,10H2,1-2H3/t15-/m0/s1. The van der Waals surface area contributed by atoms with Gasteiger partial charge in [-0.2, -0.15) is 18.4 Å². The summed E-state index contributed by atoms with van der Waals surface area (Å²) in [7, 11) is 0. The molecular weight excluding hydrogens is 455 g/mol. The molecule has 0 N–H and O–H groups in total. The molecule has 1 aromatic heterocycles. The Bertz CT molecular complexity index is 1080. The molecule has 1 atom stereocenters. The lowest BCUT2D eigenvalue weighted by Crippen LogP contribution is -2.43. The number of nitriles is 1. The van der Waals surface area contributed by atoms with Gasteiger partial charge in [-0.1, -0.05) is 40.9 Å². The van der Waals surface area contributed by atoms with E-state index < -0.39 is 12.2 Å². The molecule has 0 spiro atoms. The van der Waals surface area contributed by atoms with Gasteiger partial charge in [0.2, 0.25) is 0 Å². The van der Waals surface area contributed by atoms with Gasteiger partial charge >= 0.3 is 6.18 Å². The maximum atomic E-state index is 13.6. The summed E-state index contributed by atoms with van der Waals surface area (Å²) in [5.74, 6) is 0. The van der Waals surface area contributed by atoms with Crippen molar-refractivity contribution in [2.45, 2.75) is 57.8 Å². The van der Waals surface area contributed by atoms with Gasteiger partial charge in [-0.15, -0.1) is 0 Å². The van der Waals surface area contributed by atoms with Crippen molar-refractivity contribution in [2.24, 2.45) is 0 Å². The summed E-state index contributed by atoms with van der Waals surface area (Å²) in [6.07, 6.45) is 4.97. The predicted molar refractivity (Wildman–Crippen MR) is 116 cm³/mol. The van der Waals surface area contributed by atoms with Crippen molar-refractivity contribution < 1.29 is 13.2 Å². The maximum Gasteiger partial charge on any atom is 0.408 e. The average molecular weight is 478 g/mol. The Kier molecular flexibility index (Phi) is 5.48. The van der Waals surface area contributed by atoms with E-state index in [1.54, 1.807) is 18.2 Å². The van der Waals surface area contributed by atoms with Crippen LogP contribution in [0.25, 0.3) is 16.6 Å². The van der Waals surface area contributed by atoms with Crippen molar-refractivity contribution in [3.8, 4) is 6.07 Å². The zero-order valence-electron chi connectivity index (χ0n) is 16.9. The lowest BCUT2D eigenvalue weighted by molar-refractivity contribution is -0.169. The van der Waals surface area contributed by atoms with E-state index >= 15 is 0 Å². The van der Waals surface area contributed by atoms with Crippen molar-refractivity contribution in [1.29, 1.82) is 5.26 Å². The van der Waals surface area contributed by atoms with Gasteiger partial charge in [-0.05, 0) is 50.5 Å². The Balaban J connectivity index is 2.01. The highest BCUT2D eigenvalue weighted by molar-refractivity contribution is 9.10. The van der Waals surface area contributed by atoms with Gasteiger partial charge in [0.05, 0.1) is 22.5 Å². The second-order valence-electron chi connectivity index (χ2n) is 8.11. The van der Waals surface area contributed by atoms with Crippen LogP contribution in [0.15, 0.2) is 34.8 Å². The van der Waals surface area contributed by atoms with E-state index in [0.29, 0.717) is 17.0 Å². The molecule has 0 radical (unpaired) electrons. The Hall–Kier alpha value is -2.20. The molecule has 2 heterocycles. The molecule has 2 aromatic rings. The summed E-state index contributed by atoms with van der Waals surface area (Å²) in [4.78, 5) is 1.36. The number of nitrogens with zero attached hydrogens (tertiary/aromatic N) is 3. The van der Waals surface area contributed by atoms with Crippen molar-refractivity contribution in [2.75, 3.05) is 6.54 Å². The van der Waals surface area contributed by atoms with Crippen molar-refractivity contribution in [3.63, 3.8) is 0 Å². The fraction of sp³-hybridized carbons (Fsp3) is 0.435. The molecule has 4 rings (SSSR count). The second kappa shape index (κ2) is 7.81. The number of halogens is 4. The van der Waals surface area contributed by atoms with Gasteiger partial charge in [0.15, 0.2) is 0 Å². The average Bonchev–Trinajstić information content (AvgIpc) is 3.33. The van der Waals surface area contributed by atoms with E-state index in [0.717, 1.165) is 46.6 Å². The van der Waals surface area contributed by atoms with Gasteiger partial charge in [-0.25, -0.2) is 0 Å². The molecule has 1 aromatic carbocycles. The summed E-state index contributed by atoms with van der Waals surface area (Å²) >= 11 is 3.55. The topological polar surface area (TPSA) is 32.0 Å². The number of rotatable bonds is 3. The van der Waals surface area contributed by atoms with Crippen molar-refractivity contribution in [3.05, 3.63) is 51.7 Å². The first-order chi connectivity index (χ1) is 14.2. The van der Waals surface area contributed by atoms with E-state index in [-0.39, 0.29) is 12.6 Å². The smallest absolute Gasteiger partial charge is 0.354 e. The molecule has 1 saturated carbocycles. The predicted octanol–water partition coefficient (Wildman–Crippen LogP) is 6.86. The first-order valence-corrected chi connectivity index (χ1v) is 11.0. The highest BCUT2D eigenvalue weighted by Crippen LogP contribution is 2.43. The lowest BCUT2D eigenvalue weighted by Gasteiger charge is -2.36. The van der Waals surface area contributed by atoms with Crippen LogP contribution in [0.5, 0.6) is 0 Å². The molecule has 3 nitrogen and oxygen atoms in total.